The van der Waals surface area contributed by atoms with E-state index in [1.807, 2.05) is 55.5 Å². The van der Waals surface area contributed by atoms with E-state index < -0.39 is 0 Å². The molecule has 1 aromatic heterocycles. The lowest BCUT2D eigenvalue weighted by Gasteiger charge is -2.18. The maximum Gasteiger partial charge on any atom is 0.282 e. The van der Waals surface area contributed by atoms with Gasteiger partial charge in [0, 0.05) is 20.1 Å². The van der Waals surface area contributed by atoms with Crippen molar-refractivity contribution in [3.8, 4) is 0 Å². The fourth-order valence-corrected chi connectivity index (χ4v) is 5.56. The Kier molecular flexibility index (Phi) is 5.56. The summed E-state index contributed by atoms with van der Waals surface area (Å²) in [4.78, 5) is 20.6. The van der Waals surface area contributed by atoms with Crippen LogP contribution in [0.1, 0.15) is 16.0 Å². The summed E-state index contributed by atoms with van der Waals surface area (Å²) in [6, 6.07) is 20.8. The van der Waals surface area contributed by atoms with Gasteiger partial charge >= 0.3 is 0 Å². The highest BCUT2D eigenvalue weighted by molar-refractivity contribution is 7.21. The molecule has 0 aliphatic carbocycles. The van der Waals surface area contributed by atoms with E-state index in [2.05, 4.69) is 0 Å². The highest BCUT2D eigenvalue weighted by atomic mass is 35.5. The summed E-state index contributed by atoms with van der Waals surface area (Å²) in [6.45, 7) is 1.98. The number of rotatable bonds is 3. The number of fused-ring (bicyclic) bond motifs is 1. The number of benzene rings is 3. The summed E-state index contributed by atoms with van der Waals surface area (Å²) in [6.07, 6.45) is 1.68. The van der Waals surface area contributed by atoms with Crippen molar-refractivity contribution >= 4 is 79.7 Å². The number of nitrogens with zero attached hydrogens (tertiary/aromatic N) is 2. The van der Waals surface area contributed by atoms with Gasteiger partial charge < -0.3 is 0 Å². The fourth-order valence-electron chi connectivity index (χ4n) is 3.60. The molecule has 0 bridgehead atoms. The molecular weight excluding hydrogens is 483 g/mol. The van der Waals surface area contributed by atoms with E-state index >= 15 is 0 Å². The molecule has 4 aromatic rings. The van der Waals surface area contributed by atoms with Gasteiger partial charge in [-0.05, 0) is 54.5 Å². The highest BCUT2D eigenvalue weighted by Gasteiger charge is 2.35. The second-order valence-electron chi connectivity index (χ2n) is 7.35. The predicted molar refractivity (Wildman–Crippen MR) is 136 cm³/mol. The Bertz CT molecular complexity index is 1450. The van der Waals surface area contributed by atoms with E-state index in [1.54, 1.807) is 29.2 Å². The predicted octanol–water partition coefficient (Wildman–Crippen LogP) is 8.00. The van der Waals surface area contributed by atoms with Crippen molar-refractivity contribution in [2.45, 2.75) is 6.92 Å². The van der Waals surface area contributed by atoms with Crippen molar-refractivity contribution in [1.82, 2.24) is 0 Å². The third-order valence-electron chi connectivity index (χ3n) is 5.11. The molecule has 1 aliphatic rings. The first-order valence-electron chi connectivity index (χ1n) is 9.76. The van der Waals surface area contributed by atoms with Crippen molar-refractivity contribution in [2.75, 3.05) is 4.90 Å². The third kappa shape index (κ3) is 3.74. The Morgan fingerprint density at radius 1 is 0.969 bits per heavy atom. The number of hydrogen-bond donors (Lipinski definition) is 0. The van der Waals surface area contributed by atoms with E-state index in [0.29, 0.717) is 26.5 Å². The van der Waals surface area contributed by atoms with Gasteiger partial charge in [0.25, 0.3) is 5.91 Å². The molecule has 0 saturated carbocycles. The molecule has 0 fully saturated rings. The number of amidine groups is 1. The minimum absolute atomic E-state index is 0.245. The number of halogens is 3. The molecule has 5 rings (SSSR count). The number of hydrogen-bond acceptors (Lipinski definition) is 3. The number of thiophene rings is 1. The van der Waals surface area contributed by atoms with Gasteiger partial charge in [0.2, 0.25) is 0 Å². The number of anilines is 1. The van der Waals surface area contributed by atoms with Gasteiger partial charge in [0.1, 0.15) is 5.70 Å². The number of aliphatic imine (C=N–C) groups is 1. The summed E-state index contributed by atoms with van der Waals surface area (Å²) >= 11 is 20.6. The lowest BCUT2D eigenvalue weighted by atomic mass is 10.1. The van der Waals surface area contributed by atoms with Gasteiger partial charge in [0.05, 0.1) is 15.6 Å². The van der Waals surface area contributed by atoms with E-state index in [-0.39, 0.29) is 11.6 Å². The molecule has 7 heteroatoms. The monoisotopic (exact) mass is 496 g/mol. The number of aryl methyl sites for hydroxylation is 1. The van der Waals surface area contributed by atoms with Crippen molar-refractivity contribution in [3.05, 3.63) is 103 Å². The lowest BCUT2D eigenvalue weighted by molar-refractivity contribution is -0.113. The molecule has 2 heterocycles. The smallest absolute Gasteiger partial charge is 0.266 e. The molecule has 3 aromatic carbocycles. The molecular formula is C25H15Cl3N2OS. The lowest BCUT2D eigenvalue weighted by Crippen LogP contribution is -2.32. The minimum atomic E-state index is -0.245. The number of carbonyl (C=O) groups is 1. The van der Waals surface area contributed by atoms with Gasteiger partial charge in [0.15, 0.2) is 5.84 Å². The second-order valence-corrected chi connectivity index (χ2v) is 9.63. The van der Waals surface area contributed by atoms with Crippen LogP contribution in [0.25, 0.3) is 16.2 Å². The van der Waals surface area contributed by atoms with Crippen LogP contribution in [0.3, 0.4) is 0 Å². The first kappa shape index (κ1) is 21.2. The average molecular weight is 498 g/mol. The Balaban J connectivity index is 1.70. The second kappa shape index (κ2) is 8.38. The molecule has 0 saturated heterocycles. The van der Waals surface area contributed by atoms with Gasteiger partial charge in [-0.1, -0.05) is 71.2 Å². The van der Waals surface area contributed by atoms with Gasteiger partial charge in [-0.25, -0.2) is 4.99 Å². The van der Waals surface area contributed by atoms with E-state index in [1.165, 1.54) is 11.3 Å². The van der Waals surface area contributed by atoms with Crippen LogP contribution in [0, 0.1) is 6.92 Å². The topological polar surface area (TPSA) is 32.7 Å². The maximum atomic E-state index is 13.5. The maximum absolute atomic E-state index is 13.5. The van der Waals surface area contributed by atoms with Gasteiger partial charge in [-0.2, -0.15) is 0 Å². The van der Waals surface area contributed by atoms with E-state index in [0.717, 1.165) is 26.2 Å². The highest BCUT2D eigenvalue weighted by Crippen LogP contribution is 2.39. The zero-order chi connectivity index (χ0) is 22.4. The van der Waals surface area contributed by atoms with Crippen LogP contribution in [0.15, 0.2) is 77.4 Å². The largest absolute Gasteiger partial charge is 0.282 e. The van der Waals surface area contributed by atoms with Gasteiger partial charge in [-0.3, -0.25) is 9.69 Å². The number of carbonyl (C=O) groups excluding carboxylic acids is 1. The van der Waals surface area contributed by atoms with Crippen LogP contribution in [-0.2, 0) is 4.79 Å². The van der Waals surface area contributed by atoms with Crippen LogP contribution in [0.4, 0.5) is 5.69 Å². The Morgan fingerprint density at radius 3 is 2.53 bits per heavy atom. The molecule has 1 aliphatic heterocycles. The van der Waals surface area contributed by atoms with Crippen molar-refractivity contribution in [2.24, 2.45) is 4.99 Å². The average Bonchev–Trinajstić information content (AvgIpc) is 3.27. The van der Waals surface area contributed by atoms with Crippen LogP contribution < -0.4 is 4.90 Å². The summed E-state index contributed by atoms with van der Waals surface area (Å²) in [5.74, 6) is 0.258. The van der Waals surface area contributed by atoms with Crippen LogP contribution in [-0.4, -0.2) is 11.7 Å². The van der Waals surface area contributed by atoms with E-state index in [4.69, 9.17) is 39.8 Å². The van der Waals surface area contributed by atoms with Crippen LogP contribution in [0.2, 0.25) is 15.1 Å². The van der Waals surface area contributed by atoms with E-state index in [9.17, 15) is 4.79 Å². The first-order chi connectivity index (χ1) is 15.4. The summed E-state index contributed by atoms with van der Waals surface area (Å²) in [7, 11) is 0. The standard InChI is InChI=1S/C25H15Cl3N2OS/c1-14-5-4-6-17(11-14)30-24(23-22(28)18-7-2-3-8-21(18)32-23)29-20(25(30)31)12-15-9-10-16(26)13-19(15)27/h2-13H,1H3/b20-12+. The van der Waals surface area contributed by atoms with Crippen molar-refractivity contribution in [3.63, 3.8) is 0 Å². The molecule has 1 amide bonds. The fraction of sp³-hybridized carbons (Fsp3) is 0.0400. The molecule has 0 N–H and O–H groups in total. The Morgan fingerprint density at radius 2 is 1.78 bits per heavy atom. The SMILES string of the molecule is Cc1cccc(N2C(=O)/C(=C\c3ccc(Cl)cc3Cl)N=C2c2sc3ccccc3c2Cl)c1. The molecule has 3 nitrogen and oxygen atoms in total. The third-order valence-corrected chi connectivity index (χ3v) is 7.35. The summed E-state index contributed by atoms with van der Waals surface area (Å²) in [5.41, 5.74) is 2.71. The molecule has 0 spiro atoms. The van der Waals surface area contributed by atoms with Crippen molar-refractivity contribution < 1.29 is 4.79 Å². The molecule has 0 atom stereocenters. The Hall–Kier alpha value is -2.63. The quantitative estimate of drug-likeness (QED) is 0.264. The van der Waals surface area contributed by atoms with Crippen LogP contribution in [0.5, 0.6) is 0 Å². The summed E-state index contributed by atoms with van der Waals surface area (Å²) in [5, 5.41) is 2.49. The molecule has 0 unspecified atom stereocenters. The molecule has 158 valence electrons. The Labute approximate surface area is 204 Å². The number of amides is 1. The van der Waals surface area contributed by atoms with Crippen LogP contribution >= 0.6 is 46.1 Å². The zero-order valence-electron chi connectivity index (χ0n) is 16.8. The zero-order valence-corrected chi connectivity index (χ0v) is 19.9. The van der Waals surface area contributed by atoms with Crippen molar-refractivity contribution in [1.29, 1.82) is 0 Å². The first-order valence-corrected chi connectivity index (χ1v) is 11.7. The van der Waals surface area contributed by atoms with Gasteiger partial charge in [-0.15, -0.1) is 11.3 Å². The summed E-state index contributed by atoms with van der Waals surface area (Å²) < 4.78 is 1.03. The minimum Gasteiger partial charge on any atom is -0.266 e. The molecule has 0 radical (unpaired) electrons. The normalized spacial score (nSPS) is 15.1. The molecule has 32 heavy (non-hydrogen) atoms.